The molecule has 16 heavy (non-hydrogen) atoms. The molecule has 0 unspecified atom stereocenters. The summed E-state index contributed by atoms with van der Waals surface area (Å²) in [5.41, 5.74) is 1.65. The monoisotopic (exact) mass is 222 g/mol. The summed E-state index contributed by atoms with van der Waals surface area (Å²) in [5, 5.41) is 0. The Labute approximate surface area is 96.4 Å². The number of hydrogen-bond acceptors (Lipinski definition) is 3. The van der Waals surface area contributed by atoms with Crippen LogP contribution < -0.4 is 0 Å². The lowest BCUT2D eigenvalue weighted by Gasteiger charge is -2.05. The third-order valence-electron chi connectivity index (χ3n) is 2.06. The van der Waals surface area contributed by atoms with Crippen LogP contribution in [0.2, 0.25) is 0 Å². The molecule has 0 amide bonds. The Morgan fingerprint density at radius 3 is 2.75 bits per heavy atom. The molecule has 0 aliphatic rings. The fraction of sp³-hybridized carbons (Fsp3) is 0.462. The Bertz CT molecular complexity index is 334. The van der Waals surface area contributed by atoms with Gasteiger partial charge in [0.15, 0.2) is 0 Å². The molecule has 1 aromatic rings. The summed E-state index contributed by atoms with van der Waals surface area (Å²) in [7, 11) is 0. The zero-order chi connectivity index (χ0) is 11.8. The van der Waals surface area contributed by atoms with Gasteiger partial charge in [0.2, 0.25) is 0 Å². The van der Waals surface area contributed by atoms with E-state index in [1.807, 2.05) is 32.0 Å². The molecule has 0 saturated heterocycles. The first-order chi connectivity index (χ1) is 7.74. The molecule has 0 saturated carbocycles. The van der Waals surface area contributed by atoms with E-state index in [-0.39, 0.29) is 5.97 Å². The molecule has 0 N–H and O–H groups in total. The van der Waals surface area contributed by atoms with Gasteiger partial charge in [0.05, 0.1) is 12.2 Å². The Hall–Kier alpha value is -1.35. The molecule has 0 radical (unpaired) electrons. The third kappa shape index (κ3) is 4.45. The van der Waals surface area contributed by atoms with Crippen molar-refractivity contribution >= 4 is 5.97 Å². The summed E-state index contributed by atoms with van der Waals surface area (Å²) in [6.45, 7) is 5.47. The maximum absolute atomic E-state index is 11.6. The summed E-state index contributed by atoms with van der Waals surface area (Å²) < 4.78 is 10.3. The van der Waals surface area contributed by atoms with E-state index >= 15 is 0 Å². The number of carbonyl (C=O) groups is 1. The van der Waals surface area contributed by atoms with Gasteiger partial charge in [-0.1, -0.05) is 24.6 Å². The highest BCUT2D eigenvalue weighted by Crippen LogP contribution is 2.05. The highest BCUT2D eigenvalue weighted by atomic mass is 16.6. The fourth-order valence-electron chi connectivity index (χ4n) is 1.30. The van der Waals surface area contributed by atoms with Crippen molar-refractivity contribution in [1.82, 2.24) is 0 Å². The second kappa shape index (κ2) is 7.01. The second-order valence-electron chi connectivity index (χ2n) is 3.62. The molecule has 0 aliphatic heterocycles. The molecule has 3 nitrogen and oxygen atoms in total. The van der Waals surface area contributed by atoms with Crippen LogP contribution in [-0.2, 0) is 9.47 Å². The van der Waals surface area contributed by atoms with Gasteiger partial charge in [0.1, 0.15) is 6.61 Å². The van der Waals surface area contributed by atoms with Crippen LogP contribution in [0.4, 0.5) is 0 Å². The van der Waals surface area contributed by atoms with Gasteiger partial charge in [0.25, 0.3) is 0 Å². The van der Waals surface area contributed by atoms with Crippen molar-refractivity contribution < 1.29 is 14.3 Å². The predicted octanol–water partition coefficient (Wildman–Crippen LogP) is 2.58. The Kier molecular flexibility index (Phi) is 5.57. The lowest BCUT2D eigenvalue weighted by molar-refractivity contribution is 0.0318. The number of esters is 1. The predicted molar refractivity (Wildman–Crippen MR) is 62.6 cm³/mol. The van der Waals surface area contributed by atoms with Gasteiger partial charge in [-0.05, 0) is 25.5 Å². The van der Waals surface area contributed by atoms with Crippen LogP contribution in [0.3, 0.4) is 0 Å². The minimum Gasteiger partial charge on any atom is -0.460 e. The molecule has 88 valence electrons. The first-order valence-corrected chi connectivity index (χ1v) is 5.55. The maximum atomic E-state index is 11.6. The molecule has 0 atom stereocenters. The average molecular weight is 222 g/mol. The van der Waals surface area contributed by atoms with Crippen LogP contribution in [0.5, 0.6) is 0 Å². The van der Waals surface area contributed by atoms with Crippen molar-refractivity contribution in [3.63, 3.8) is 0 Å². The number of aryl methyl sites for hydroxylation is 1. The summed E-state index contributed by atoms with van der Waals surface area (Å²) in [5.74, 6) is -0.288. The molecular formula is C13H18O3. The van der Waals surface area contributed by atoms with Gasteiger partial charge in [-0.25, -0.2) is 4.79 Å². The molecule has 0 heterocycles. The minimum atomic E-state index is -0.288. The van der Waals surface area contributed by atoms with Crippen LogP contribution in [0.1, 0.15) is 29.3 Å². The quantitative estimate of drug-likeness (QED) is 0.548. The summed E-state index contributed by atoms with van der Waals surface area (Å²) >= 11 is 0. The van der Waals surface area contributed by atoms with E-state index in [0.717, 1.165) is 12.0 Å². The number of hydrogen-bond donors (Lipinski definition) is 0. The zero-order valence-corrected chi connectivity index (χ0v) is 9.86. The van der Waals surface area contributed by atoms with Crippen LogP contribution in [0.15, 0.2) is 24.3 Å². The van der Waals surface area contributed by atoms with Crippen molar-refractivity contribution in [2.45, 2.75) is 20.3 Å². The highest BCUT2D eigenvalue weighted by Gasteiger charge is 2.05. The van der Waals surface area contributed by atoms with Crippen molar-refractivity contribution in [3.05, 3.63) is 35.4 Å². The normalized spacial score (nSPS) is 10.1. The van der Waals surface area contributed by atoms with E-state index in [4.69, 9.17) is 9.47 Å². The van der Waals surface area contributed by atoms with E-state index in [1.54, 1.807) is 6.07 Å². The lowest BCUT2D eigenvalue weighted by Crippen LogP contribution is -2.11. The fourth-order valence-corrected chi connectivity index (χ4v) is 1.30. The van der Waals surface area contributed by atoms with Gasteiger partial charge in [0, 0.05) is 6.61 Å². The number of benzene rings is 1. The minimum absolute atomic E-state index is 0.288. The largest absolute Gasteiger partial charge is 0.460 e. The molecule has 0 aromatic heterocycles. The molecular weight excluding hydrogens is 204 g/mol. The number of carbonyl (C=O) groups excluding carboxylic acids is 1. The van der Waals surface area contributed by atoms with Crippen LogP contribution in [0, 0.1) is 6.92 Å². The smallest absolute Gasteiger partial charge is 0.338 e. The summed E-state index contributed by atoms with van der Waals surface area (Å²) in [6, 6.07) is 7.36. The molecule has 1 rings (SSSR count). The maximum Gasteiger partial charge on any atom is 0.338 e. The average Bonchev–Trinajstić information content (AvgIpc) is 2.28. The second-order valence-corrected chi connectivity index (χ2v) is 3.62. The topological polar surface area (TPSA) is 35.5 Å². The standard InChI is InChI=1S/C13H18O3/c1-3-7-15-8-9-16-13(14)12-6-4-5-11(2)10-12/h4-6,10H,3,7-9H2,1-2H3. The van der Waals surface area contributed by atoms with E-state index in [0.29, 0.717) is 25.4 Å². The lowest BCUT2D eigenvalue weighted by atomic mass is 10.1. The van der Waals surface area contributed by atoms with Gasteiger partial charge in [-0.15, -0.1) is 0 Å². The first-order valence-electron chi connectivity index (χ1n) is 5.55. The van der Waals surface area contributed by atoms with Gasteiger partial charge >= 0.3 is 5.97 Å². The molecule has 3 heteroatoms. The number of rotatable bonds is 6. The van der Waals surface area contributed by atoms with Crippen molar-refractivity contribution in [2.24, 2.45) is 0 Å². The molecule has 0 fully saturated rings. The highest BCUT2D eigenvalue weighted by molar-refractivity contribution is 5.89. The van der Waals surface area contributed by atoms with Gasteiger partial charge in [-0.2, -0.15) is 0 Å². The Morgan fingerprint density at radius 2 is 2.06 bits per heavy atom. The SMILES string of the molecule is CCCOCCOC(=O)c1cccc(C)c1. The van der Waals surface area contributed by atoms with E-state index < -0.39 is 0 Å². The Balaban J connectivity index is 2.30. The van der Waals surface area contributed by atoms with E-state index in [9.17, 15) is 4.79 Å². The molecule has 1 aromatic carbocycles. The van der Waals surface area contributed by atoms with Crippen LogP contribution in [0.25, 0.3) is 0 Å². The first kappa shape index (κ1) is 12.7. The van der Waals surface area contributed by atoms with Crippen molar-refractivity contribution in [3.8, 4) is 0 Å². The van der Waals surface area contributed by atoms with E-state index in [2.05, 4.69) is 0 Å². The third-order valence-corrected chi connectivity index (χ3v) is 2.06. The number of ether oxygens (including phenoxy) is 2. The van der Waals surface area contributed by atoms with Crippen LogP contribution in [-0.4, -0.2) is 25.8 Å². The molecule has 0 spiro atoms. The van der Waals surface area contributed by atoms with Gasteiger partial charge < -0.3 is 9.47 Å². The summed E-state index contributed by atoms with van der Waals surface area (Å²) in [4.78, 5) is 11.6. The van der Waals surface area contributed by atoms with Crippen molar-refractivity contribution in [1.29, 1.82) is 0 Å². The molecule has 0 aliphatic carbocycles. The van der Waals surface area contributed by atoms with Gasteiger partial charge in [-0.3, -0.25) is 0 Å². The summed E-state index contributed by atoms with van der Waals surface area (Å²) in [6.07, 6.45) is 0.978. The van der Waals surface area contributed by atoms with Crippen molar-refractivity contribution in [2.75, 3.05) is 19.8 Å². The molecule has 0 bridgehead atoms. The van der Waals surface area contributed by atoms with Crippen LogP contribution >= 0.6 is 0 Å². The Morgan fingerprint density at radius 1 is 1.25 bits per heavy atom. The van der Waals surface area contributed by atoms with E-state index in [1.165, 1.54) is 0 Å². The zero-order valence-electron chi connectivity index (χ0n) is 9.86.